The number of hydrogen-bond acceptors (Lipinski definition) is 0. The third kappa shape index (κ3) is 2.35. The largest absolute Gasteiger partial charge is 0.204 e. The van der Waals surface area contributed by atoms with Crippen molar-refractivity contribution < 1.29 is 8.78 Å². The predicted octanol–water partition coefficient (Wildman–Crippen LogP) is 5.58. The average Bonchev–Trinajstić information content (AvgIpc) is 2.51. The topological polar surface area (TPSA) is 0 Å². The first kappa shape index (κ1) is 13.3. The Hall–Kier alpha value is -1.70. The van der Waals surface area contributed by atoms with Crippen molar-refractivity contribution in [1.82, 2.24) is 0 Å². The fourth-order valence-corrected chi connectivity index (χ4v) is 3.23. The van der Waals surface area contributed by atoms with Crippen LogP contribution < -0.4 is 0 Å². The van der Waals surface area contributed by atoms with Gasteiger partial charge in [0.25, 0.3) is 0 Å². The highest BCUT2D eigenvalue weighted by atomic mass is 19.2. The maximum absolute atomic E-state index is 13.7. The molecule has 0 bridgehead atoms. The Kier molecular flexibility index (Phi) is 3.56. The van der Waals surface area contributed by atoms with Gasteiger partial charge in [-0.3, -0.25) is 0 Å². The Balaban J connectivity index is 1.90. The molecule has 0 saturated heterocycles. The van der Waals surface area contributed by atoms with Gasteiger partial charge in [0.1, 0.15) is 0 Å². The lowest BCUT2D eigenvalue weighted by atomic mass is 9.78. The molecule has 0 unspecified atom stereocenters. The van der Waals surface area contributed by atoms with E-state index >= 15 is 0 Å². The summed E-state index contributed by atoms with van der Waals surface area (Å²) in [6, 6.07) is 8.53. The zero-order valence-corrected chi connectivity index (χ0v) is 11.4. The standard InChI is InChI=1S/C18H18F2/c1-2-12-3-5-13(6-4-12)14-7-9-16-15(11-14)8-10-17(19)18(16)20/h2,7-13H,1,3-6H2. The summed E-state index contributed by atoms with van der Waals surface area (Å²) in [7, 11) is 0. The number of benzene rings is 2. The molecule has 3 rings (SSSR count). The first-order chi connectivity index (χ1) is 9.69. The highest BCUT2D eigenvalue weighted by Gasteiger charge is 2.21. The van der Waals surface area contributed by atoms with Gasteiger partial charge in [-0.1, -0.05) is 30.3 Å². The molecule has 1 aliphatic carbocycles. The molecule has 1 saturated carbocycles. The second-order valence-corrected chi connectivity index (χ2v) is 5.69. The minimum atomic E-state index is -0.781. The van der Waals surface area contributed by atoms with Gasteiger partial charge in [0, 0.05) is 5.39 Å². The molecule has 20 heavy (non-hydrogen) atoms. The Morgan fingerprint density at radius 2 is 1.75 bits per heavy atom. The van der Waals surface area contributed by atoms with Crippen LogP contribution in [-0.2, 0) is 0 Å². The van der Waals surface area contributed by atoms with Gasteiger partial charge in [0.15, 0.2) is 11.6 Å². The monoisotopic (exact) mass is 272 g/mol. The Bertz CT molecular complexity index is 637. The Labute approximate surface area is 118 Å². The summed E-state index contributed by atoms with van der Waals surface area (Å²) in [6.07, 6.45) is 6.68. The molecule has 1 aliphatic rings. The van der Waals surface area contributed by atoms with E-state index in [0.29, 0.717) is 17.2 Å². The molecule has 2 aromatic carbocycles. The number of halogens is 2. The molecule has 2 heteroatoms. The number of rotatable bonds is 2. The minimum Gasteiger partial charge on any atom is -0.204 e. The van der Waals surface area contributed by atoms with E-state index in [4.69, 9.17) is 0 Å². The fraction of sp³-hybridized carbons (Fsp3) is 0.333. The number of allylic oxidation sites excluding steroid dienone is 1. The molecule has 0 atom stereocenters. The quantitative estimate of drug-likeness (QED) is 0.626. The maximum atomic E-state index is 13.7. The normalized spacial score (nSPS) is 22.9. The van der Waals surface area contributed by atoms with Gasteiger partial charge in [-0.2, -0.15) is 0 Å². The molecular formula is C18H18F2. The first-order valence-electron chi connectivity index (χ1n) is 7.19. The average molecular weight is 272 g/mol. The van der Waals surface area contributed by atoms with E-state index in [0.717, 1.165) is 18.2 Å². The smallest absolute Gasteiger partial charge is 0.166 e. The maximum Gasteiger partial charge on any atom is 0.166 e. The van der Waals surface area contributed by atoms with Crippen LogP contribution in [0.3, 0.4) is 0 Å². The van der Waals surface area contributed by atoms with Crippen molar-refractivity contribution in [3.8, 4) is 0 Å². The third-order valence-corrected chi connectivity index (χ3v) is 4.51. The lowest BCUT2D eigenvalue weighted by molar-refractivity contribution is 0.376. The lowest BCUT2D eigenvalue weighted by Gasteiger charge is -2.27. The van der Waals surface area contributed by atoms with E-state index in [9.17, 15) is 8.78 Å². The SMILES string of the molecule is C=CC1CCC(c2ccc3c(F)c(F)ccc3c2)CC1. The summed E-state index contributed by atoms with van der Waals surface area (Å²) in [5.74, 6) is -0.358. The van der Waals surface area contributed by atoms with Crippen LogP contribution in [0.15, 0.2) is 43.0 Å². The van der Waals surface area contributed by atoms with Gasteiger partial charge in [0.05, 0.1) is 0 Å². The summed E-state index contributed by atoms with van der Waals surface area (Å²) in [4.78, 5) is 0. The molecule has 0 heterocycles. The fourth-order valence-electron chi connectivity index (χ4n) is 3.23. The Morgan fingerprint density at radius 1 is 1.00 bits per heavy atom. The van der Waals surface area contributed by atoms with Crippen LogP contribution in [0.5, 0.6) is 0 Å². The van der Waals surface area contributed by atoms with E-state index < -0.39 is 11.6 Å². The van der Waals surface area contributed by atoms with Crippen molar-refractivity contribution in [3.63, 3.8) is 0 Å². The van der Waals surface area contributed by atoms with Crippen LogP contribution in [0.2, 0.25) is 0 Å². The second-order valence-electron chi connectivity index (χ2n) is 5.69. The molecule has 0 radical (unpaired) electrons. The predicted molar refractivity (Wildman–Crippen MR) is 78.8 cm³/mol. The molecule has 0 N–H and O–H groups in total. The molecule has 0 spiro atoms. The van der Waals surface area contributed by atoms with Crippen molar-refractivity contribution >= 4 is 10.8 Å². The van der Waals surface area contributed by atoms with Crippen molar-refractivity contribution in [2.24, 2.45) is 5.92 Å². The minimum absolute atomic E-state index is 0.369. The van der Waals surface area contributed by atoms with Crippen LogP contribution in [0.25, 0.3) is 10.8 Å². The molecule has 1 fully saturated rings. The van der Waals surface area contributed by atoms with Gasteiger partial charge in [0.2, 0.25) is 0 Å². The number of hydrogen-bond donors (Lipinski definition) is 0. The molecule has 0 amide bonds. The van der Waals surface area contributed by atoms with E-state index in [2.05, 4.69) is 12.7 Å². The van der Waals surface area contributed by atoms with Crippen molar-refractivity contribution in [2.75, 3.05) is 0 Å². The molecule has 104 valence electrons. The molecule has 0 aliphatic heterocycles. The van der Waals surface area contributed by atoms with E-state index in [1.807, 2.05) is 12.1 Å². The second kappa shape index (κ2) is 5.35. The van der Waals surface area contributed by atoms with E-state index in [-0.39, 0.29) is 0 Å². The highest BCUT2D eigenvalue weighted by Crippen LogP contribution is 2.37. The first-order valence-corrected chi connectivity index (χ1v) is 7.19. The summed E-state index contributed by atoms with van der Waals surface area (Å²) < 4.78 is 26.9. The number of fused-ring (bicyclic) bond motifs is 1. The van der Waals surface area contributed by atoms with Gasteiger partial charge < -0.3 is 0 Å². The molecule has 2 aromatic rings. The van der Waals surface area contributed by atoms with Crippen molar-refractivity contribution in [3.05, 3.63) is 60.2 Å². The summed E-state index contributed by atoms with van der Waals surface area (Å²) in [6.45, 7) is 3.86. The van der Waals surface area contributed by atoms with Gasteiger partial charge in [-0.05, 0) is 54.5 Å². The highest BCUT2D eigenvalue weighted by molar-refractivity contribution is 5.84. The van der Waals surface area contributed by atoms with Crippen LogP contribution in [0.1, 0.15) is 37.2 Å². The lowest BCUT2D eigenvalue weighted by Crippen LogP contribution is -2.11. The van der Waals surface area contributed by atoms with Gasteiger partial charge >= 0.3 is 0 Å². The van der Waals surface area contributed by atoms with Gasteiger partial charge in [-0.15, -0.1) is 6.58 Å². The Morgan fingerprint density at radius 3 is 2.45 bits per heavy atom. The summed E-state index contributed by atoms with van der Waals surface area (Å²) in [5.41, 5.74) is 1.24. The van der Waals surface area contributed by atoms with Crippen molar-refractivity contribution in [1.29, 1.82) is 0 Å². The van der Waals surface area contributed by atoms with Crippen LogP contribution in [-0.4, -0.2) is 0 Å². The zero-order chi connectivity index (χ0) is 14.1. The van der Waals surface area contributed by atoms with Crippen LogP contribution in [0.4, 0.5) is 8.78 Å². The third-order valence-electron chi connectivity index (χ3n) is 4.51. The van der Waals surface area contributed by atoms with Gasteiger partial charge in [-0.25, -0.2) is 8.78 Å². The van der Waals surface area contributed by atoms with E-state index in [1.54, 1.807) is 12.1 Å². The molecule has 0 nitrogen and oxygen atoms in total. The van der Waals surface area contributed by atoms with E-state index in [1.165, 1.54) is 24.5 Å². The molecular weight excluding hydrogens is 254 g/mol. The zero-order valence-electron chi connectivity index (χ0n) is 11.4. The summed E-state index contributed by atoms with van der Waals surface area (Å²) >= 11 is 0. The van der Waals surface area contributed by atoms with Crippen LogP contribution >= 0.6 is 0 Å². The molecule has 0 aromatic heterocycles. The van der Waals surface area contributed by atoms with Crippen LogP contribution in [0, 0.1) is 17.6 Å². The van der Waals surface area contributed by atoms with Crippen molar-refractivity contribution in [2.45, 2.75) is 31.6 Å². The summed E-state index contributed by atoms with van der Waals surface area (Å²) in [5, 5.41) is 1.15.